The van der Waals surface area contributed by atoms with Gasteiger partial charge in [0.25, 0.3) is 0 Å². The van der Waals surface area contributed by atoms with Crippen LogP contribution in [0.1, 0.15) is 39.5 Å². The summed E-state index contributed by atoms with van der Waals surface area (Å²) in [6.07, 6.45) is 3.38. The zero-order valence-corrected chi connectivity index (χ0v) is 11.5. The predicted octanol–water partition coefficient (Wildman–Crippen LogP) is 1.49. The molecule has 0 bridgehead atoms. The molecule has 2 N–H and O–H groups in total. The summed E-state index contributed by atoms with van der Waals surface area (Å²) in [5.41, 5.74) is 0.329. The predicted molar refractivity (Wildman–Crippen MR) is 71.2 cm³/mol. The van der Waals surface area contributed by atoms with E-state index >= 15 is 0 Å². The minimum absolute atomic E-state index is 0.139. The zero-order valence-electron chi connectivity index (χ0n) is 11.5. The standard InChI is InChI=1S/C14H22O5/c1-10(2)13(17)19-14(18)11(3)9-12(16)7-5-4-6-8-15/h9,12,15-16H,1,4-8H2,2-3H3. The Morgan fingerprint density at radius 1 is 1.21 bits per heavy atom. The van der Waals surface area contributed by atoms with E-state index < -0.39 is 18.0 Å². The second-order valence-electron chi connectivity index (χ2n) is 4.45. The van der Waals surface area contributed by atoms with Crippen LogP contribution in [0.25, 0.3) is 0 Å². The van der Waals surface area contributed by atoms with Crippen molar-refractivity contribution in [2.24, 2.45) is 0 Å². The van der Waals surface area contributed by atoms with Gasteiger partial charge in [0.15, 0.2) is 0 Å². The van der Waals surface area contributed by atoms with Crippen LogP contribution in [-0.4, -0.2) is 34.9 Å². The Morgan fingerprint density at radius 2 is 1.84 bits per heavy atom. The van der Waals surface area contributed by atoms with Gasteiger partial charge in [0.05, 0.1) is 6.10 Å². The molecule has 0 aliphatic carbocycles. The lowest BCUT2D eigenvalue weighted by Gasteiger charge is -2.07. The fourth-order valence-electron chi connectivity index (χ4n) is 1.33. The zero-order chi connectivity index (χ0) is 14.8. The van der Waals surface area contributed by atoms with Gasteiger partial charge < -0.3 is 14.9 Å². The number of aliphatic hydroxyl groups excluding tert-OH is 2. The Morgan fingerprint density at radius 3 is 2.37 bits per heavy atom. The van der Waals surface area contributed by atoms with Crippen molar-refractivity contribution in [3.8, 4) is 0 Å². The number of ether oxygens (including phenoxy) is 1. The molecule has 1 unspecified atom stereocenters. The number of carbonyl (C=O) groups excluding carboxylic acids is 2. The highest BCUT2D eigenvalue weighted by molar-refractivity contribution is 6.01. The van der Waals surface area contributed by atoms with E-state index in [1.165, 1.54) is 19.9 Å². The van der Waals surface area contributed by atoms with Gasteiger partial charge in [-0.3, -0.25) is 0 Å². The maximum atomic E-state index is 11.5. The van der Waals surface area contributed by atoms with Gasteiger partial charge in [-0.25, -0.2) is 9.59 Å². The monoisotopic (exact) mass is 270 g/mol. The van der Waals surface area contributed by atoms with Gasteiger partial charge in [-0.15, -0.1) is 0 Å². The average Bonchev–Trinajstić information content (AvgIpc) is 2.34. The first-order valence-electron chi connectivity index (χ1n) is 6.27. The summed E-state index contributed by atoms with van der Waals surface area (Å²) >= 11 is 0. The molecule has 0 aromatic rings. The average molecular weight is 270 g/mol. The van der Waals surface area contributed by atoms with E-state index in [0.717, 1.165) is 12.8 Å². The molecule has 19 heavy (non-hydrogen) atoms. The first-order chi connectivity index (χ1) is 8.88. The minimum atomic E-state index is -0.776. The van der Waals surface area contributed by atoms with Gasteiger partial charge in [0.2, 0.25) is 0 Å². The van der Waals surface area contributed by atoms with Gasteiger partial charge >= 0.3 is 11.9 Å². The summed E-state index contributed by atoms with van der Waals surface area (Å²) in [5.74, 6) is -1.54. The molecule has 0 aliphatic heterocycles. The van der Waals surface area contributed by atoms with Crippen molar-refractivity contribution in [2.45, 2.75) is 45.6 Å². The lowest BCUT2D eigenvalue weighted by atomic mass is 10.1. The van der Waals surface area contributed by atoms with Gasteiger partial charge in [-0.2, -0.15) is 0 Å². The quantitative estimate of drug-likeness (QED) is 0.302. The van der Waals surface area contributed by atoms with Gasteiger partial charge in [0, 0.05) is 17.8 Å². The molecule has 0 spiro atoms. The highest BCUT2D eigenvalue weighted by Gasteiger charge is 2.14. The molecule has 1 atom stereocenters. The van der Waals surface area contributed by atoms with E-state index in [4.69, 9.17) is 5.11 Å². The molecular weight excluding hydrogens is 248 g/mol. The normalized spacial score (nSPS) is 12.9. The fraction of sp³-hybridized carbons (Fsp3) is 0.571. The molecular formula is C14H22O5. The second-order valence-corrected chi connectivity index (χ2v) is 4.45. The number of unbranched alkanes of at least 4 members (excludes halogenated alkanes) is 2. The van der Waals surface area contributed by atoms with Crippen LogP contribution in [0, 0.1) is 0 Å². The Balaban J connectivity index is 4.19. The lowest BCUT2D eigenvalue weighted by molar-refractivity contribution is -0.154. The van der Waals surface area contributed by atoms with E-state index in [1.54, 1.807) is 0 Å². The molecule has 0 saturated heterocycles. The number of carbonyl (C=O) groups is 2. The third-order valence-electron chi connectivity index (χ3n) is 2.46. The smallest absolute Gasteiger partial charge is 0.341 e. The van der Waals surface area contributed by atoms with Gasteiger partial charge in [-0.1, -0.05) is 19.4 Å². The molecule has 0 radical (unpaired) electrons. The Labute approximate surface area is 113 Å². The molecule has 0 aliphatic rings. The van der Waals surface area contributed by atoms with E-state index in [2.05, 4.69) is 11.3 Å². The maximum absolute atomic E-state index is 11.5. The first-order valence-corrected chi connectivity index (χ1v) is 6.27. The van der Waals surface area contributed by atoms with Crippen LogP contribution in [0.3, 0.4) is 0 Å². The van der Waals surface area contributed by atoms with Crippen LogP contribution in [0.15, 0.2) is 23.8 Å². The first kappa shape index (κ1) is 17.5. The van der Waals surface area contributed by atoms with Gasteiger partial charge in [0.1, 0.15) is 0 Å². The third kappa shape index (κ3) is 8.29. The summed E-state index contributed by atoms with van der Waals surface area (Å²) in [6, 6.07) is 0. The summed E-state index contributed by atoms with van der Waals surface area (Å²) in [5, 5.41) is 18.3. The van der Waals surface area contributed by atoms with Crippen molar-refractivity contribution in [3.05, 3.63) is 23.8 Å². The molecule has 0 heterocycles. The van der Waals surface area contributed by atoms with E-state index in [-0.39, 0.29) is 17.8 Å². The van der Waals surface area contributed by atoms with Crippen LogP contribution >= 0.6 is 0 Å². The third-order valence-corrected chi connectivity index (χ3v) is 2.46. The maximum Gasteiger partial charge on any atom is 0.341 e. The Kier molecular flexibility index (Phi) is 8.74. The Bertz CT molecular complexity index is 357. The molecule has 0 fully saturated rings. The molecule has 0 rings (SSSR count). The topological polar surface area (TPSA) is 83.8 Å². The van der Waals surface area contributed by atoms with Crippen LogP contribution < -0.4 is 0 Å². The van der Waals surface area contributed by atoms with Crippen LogP contribution in [0.2, 0.25) is 0 Å². The van der Waals surface area contributed by atoms with Gasteiger partial charge in [-0.05, 0) is 32.8 Å². The van der Waals surface area contributed by atoms with Crippen LogP contribution in [-0.2, 0) is 14.3 Å². The molecule has 0 aromatic heterocycles. The van der Waals surface area contributed by atoms with Crippen LogP contribution in [0.4, 0.5) is 0 Å². The highest BCUT2D eigenvalue weighted by Crippen LogP contribution is 2.08. The molecule has 108 valence electrons. The van der Waals surface area contributed by atoms with Crippen molar-refractivity contribution in [1.82, 2.24) is 0 Å². The molecule has 0 amide bonds. The SMILES string of the molecule is C=C(C)C(=O)OC(=O)C(C)=CC(O)CCCCCO. The minimum Gasteiger partial charge on any atom is -0.396 e. The fourth-order valence-corrected chi connectivity index (χ4v) is 1.33. The number of hydrogen-bond donors (Lipinski definition) is 2. The van der Waals surface area contributed by atoms with E-state index in [0.29, 0.717) is 12.8 Å². The number of rotatable bonds is 8. The second kappa shape index (κ2) is 9.47. The molecule has 0 saturated carbocycles. The molecule has 0 aromatic carbocycles. The molecule has 5 heteroatoms. The highest BCUT2D eigenvalue weighted by atomic mass is 16.6. The largest absolute Gasteiger partial charge is 0.396 e. The van der Waals surface area contributed by atoms with Crippen LogP contribution in [0.5, 0.6) is 0 Å². The van der Waals surface area contributed by atoms with Crippen molar-refractivity contribution in [2.75, 3.05) is 6.61 Å². The molecule has 5 nitrogen and oxygen atoms in total. The van der Waals surface area contributed by atoms with E-state index in [1.807, 2.05) is 0 Å². The number of hydrogen-bond acceptors (Lipinski definition) is 5. The van der Waals surface area contributed by atoms with Crippen molar-refractivity contribution in [1.29, 1.82) is 0 Å². The van der Waals surface area contributed by atoms with Crippen molar-refractivity contribution < 1.29 is 24.5 Å². The number of aliphatic hydroxyl groups is 2. The summed E-state index contributed by atoms with van der Waals surface area (Å²) in [4.78, 5) is 22.6. The van der Waals surface area contributed by atoms with Crippen molar-refractivity contribution >= 4 is 11.9 Å². The summed E-state index contributed by atoms with van der Waals surface area (Å²) in [7, 11) is 0. The number of esters is 2. The van der Waals surface area contributed by atoms with E-state index in [9.17, 15) is 14.7 Å². The lowest BCUT2D eigenvalue weighted by Crippen LogP contribution is -2.15. The summed E-state index contributed by atoms with van der Waals surface area (Å²) < 4.78 is 4.53. The summed E-state index contributed by atoms with van der Waals surface area (Å²) in [6.45, 7) is 6.44. The van der Waals surface area contributed by atoms with Crippen molar-refractivity contribution in [3.63, 3.8) is 0 Å². The Hall–Kier alpha value is -1.46.